The van der Waals surface area contributed by atoms with Gasteiger partial charge in [0.05, 0.1) is 19.7 Å². The van der Waals surface area contributed by atoms with E-state index in [2.05, 4.69) is 30.7 Å². The monoisotopic (exact) mass is 562 g/mol. The van der Waals surface area contributed by atoms with Crippen molar-refractivity contribution >= 4 is 41.8 Å². The normalized spacial score (nSPS) is 14.4. The van der Waals surface area contributed by atoms with Gasteiger partial charge < -0.3 is 30.7 Å². The topological polar surface area (TPSA) is 119 Å². The van der Waals surface area contributed by atoms with Crippen molar-refractivity contribution in [2.24, 2.45) is 4.99 Å². The third-order valence-corrected chi connectivity index (χ3v) is 4.79. The molecule has 2 rings (SSSR count). The van der Waals surface area contributed by atoms with Crippen molar-refractivity contribution in [1.29, 1.82) is 0 Å². The highest BCUT2D eigenvalue weighted by Gasteiger charge is 2.21. The van der Waals surface area contributed by atoms with E-state index < -0.39 is 0 Å². The second kappa shape index (κ2) is 15.6. The molecule has 0 saturated carbocycles. The van der Waals surface area contributed by atoms with E-state index in [1.54, 1.807) is 19.2 Å². The van der Waals surface area contributed by atoms with Crippen LogP contribution in [0, 0.1) is 0 Å². The van der Waals surface area contributed by atoms with Gasteiger partial charge in [-0.05, 0) is 31.2 Å². The molecule has 0 unspecified atom stereocenters. The Morgan fingerprint density at radius 3 is 2.38 bits per heavy atom. The molecule has 0 aromatic heterocycles. The van der Waals surface area contributed by atoms with Gasteiger partial charge in [0.2, 0.25) is 5.91 Å². The average molecular weight is 562 g/mol. The summed E-state index contributed by atoms with van der Waals surface area (Å²) < 4.78 is 4.94. The zero-order chi connectivity index (χ0) is 22.5. The second-order valence-electron chi connectivity index (χ2n) is 7.14. The summed E-state index contributed by atoms with van der Waals surface area (Å²) in [6.07, 6.45) is 0. The molecule has 32 heavy (non-hydrogen) atoms. The summed E-state index contributed by atoms with van der Waals surface area (Å²) in [5, 5.41) is 18.3. The Bertz CT molecular complexity index is 724. The lowest BCUT2D eigenvalue weighted by Crippen LogP contribution is -2.54. The predicted octanol–water partition coefficient (Wildman–Crippen LogP) is 0.0857. The van der Waals surface area contributed by atoms with Crippen LogP contribution in [0.25, 0.3) is 0 Å². The minimum atomic E-state index is -0.197. The number of rotatable bonds is 10. The summed E-state index contributed by atoms with van der Waals surface area (Å²) in [6.45, 7) is 8.16. The number of nitrogens with zero attached hydrogens (tertiary/aromatic N) is 3. The highest BCUT2D eigenvalue weighted by molar-refractivity contribution is 14.0. The van der Waals surface area contributed by atoms with E-state index in [1.165, 1.54) is 12.1 Å². The molecule has 0 bridgehead atoms. The molecule has 11 heteroatoms. The maximum atomic E-state index is 12.1. The van der Waals surface area contributed by atoms with Crippen LogP contribution in [0.15, 0.2) is 29.3 Å². The Labute approximate surface area is 206 Å². The molecule has 0 spiro atoms. The Morgan fingerprint density at radius 2 is 1.75 bits per heavy atom. The molecule has 1 aromatic rings. The van der Waals surface area contributed by atoms with Crippen molar-refractivity contribution in [3.63, 3.8) is 0 Å². The number of ether oxygens (including phenoxy) is 1. The first-order valence-electron chi connectivity index (χ1n) is 10.6. The molecule has 180 valence electrons. The average Bonchev–Trinajstić information content (AvgIpc) is 2.77. The number of aromatic hydroxyl groups is 1. The lowest BCUT2D eigenvalue weighted by Gasteiger charge is -2.36. The quantitative estimate of drug-likeness (QED) is 0.138. The number of carbonyl (C=O) groups is 2. The third kappa shape index (κ3) is 10.0. The van der Waals surface area contributed by atoms with Crippen LogP contribution in [0.3, 0.4) is 0 Å². The molecule has 1 heterocycles. The summed E-state index contributed by atoms with van der Waals surface area (Å²) >= 11 is 0. The van der Waals surface area contributed by atoms with Crippen LogP contribution in [-0.2, 0) is 9.53 Å². The van der Waals surface area contributed by atoms with Gasteiger partial charge in [-0.2, -0.15) is 0 Å². The SMILES string of the molecule is CCNC(=NCCNC(=O)c1ccc(O)cc1)N1CCN(CC(=O)NCCOC)CC1.I. The number of methoxy groups -OCH3 is 1. The smallest absolute Gasteiger partial charge is 0.251 e. The predicted molar refractivity (Wildman–Crippen MR) is 135 cm³/mol. The molecule has 1 aliphatic rings. The lowest BCUT2D eigenvalue weighted by molar-refractivity contribution is -0.122. The highest BCUT2D eigenvalue weighted by Crippen LogP contribution is 2.09. The number of phenolic OH excluding ortho intramolecular Hbond substituents is 1. The minimum Gasteiger partial charge on any atom is -0.508 e. The van der Waals surface area contributed by atoms with Crippen LogP contribution in [0.4, 0.5) is 0 Å². The summed E-state index contributed by atoms with van der Waals surface area (Å²) in [5.41, 5.74) is 0.496. The van der Waals surface area contributed by atoms with Gasteiger partial charge in [-0.15, -0.1) is 24.0 Å². The summed E-state index contributed by atoms with van der Waals surface area (Å²) in [6, 6.07) is 6.13. The second-order valence-corrected chi connectivity index (χ2v) is 7.14. The number of nitrogens with one attached hydrogen (secondary N) is 3. The number of phenols is 1. The summed E-state index contributed by atoms with van der Waals surface area (Å²) in [5.74, 6) is 0.752. The van der Waals surface area contributed by atoms with Crippen molar-refractivity contribution < 1.29 is 19.4 Å². The van der Waals surface area contributed by atoms with Gasteiger partial charge in [-0.1, -0.05) is 0 Å². The van der Waals surface area contributed by atoms with Crippen LogP contribution in [0.2, 0.25) is 0 Å². The van der Waals surface area contributed by atoms with E-state index in [-0.39, 0.29) is 41.5 Å². The third-order valence-electron chi connectivity index (χ3n) is 4.79. The number of halogens is 1. The van der Waals surface area contributed by atoms with Crippen LogP contribution in [-0.4, -0.2) is 105 Å². The molecular weight excluding hydrogens is 527 g/mol. The first-order valence-corrected chi connectivity index (χ1v) is 10.6. The number of amides is 2. The number of benzene rings is 1. The standard InChI is InChI=1S/C21H34N6O4.HI/c1-3-22-21(25-9-8-24-20(30)17-4-6-18(28)7-5-17)27-13-11-26(12-14-27)16-19(29)23-10-15-31-2;/h4-7,28H,3,8-16H2,1-2H3,(H,22,25)(H,23,29)(H,24,30);1H. The Balaban J connectivity index is 0.00000512. The first kappa shape index (κ1) is 27.9. The minimum absolute atomic E-state index is 0. The number of aliphatic imine (C=N–C) groups is 1. The number of hydrogen-bond donors (Lipinski definition) is 4. The molecule has 0 atom stereocenters. The molecule has 0 radical (unpaired) electrons. The van der Waals surface area contributed by atoms with Gasteiger partial charge in [0.1, 0.15) is 5.75 Å². The number of carbonyl (C=O) groups excluding carboxylic acids is 2. The van der Waals surface area contributed by atoms with Gasteiger partial charge in [-0.3, -0.25) is 19.5 Å². The molecule has 2 amide bonds. The van der Waals surface area contributed by atoms with E-state index in [4.69, 9.17) is 4.74 Å². The molecule has 1 aromatic carbocycles. The maximum Gasteiger partial charge on any atom is 0.251 e. The number of hydrogen-bond acceptors (Lipinski definition) is 6. The van der Waals surface area contributed by atoms with E-state index in [9.17, 15) is 14.7 Å². The largest absolute Gasteiger partial charge is 0.508 e. The van der Waals surface area contributed by atoms with Gasteiger partial charge in [0.25, 0.3) is 5.91 Å². The molecule has 1 saturated heterocycles. The van der Waals surface area contributed by atoms with E-state index in [1.807, 2.05) is 6.92 Å². The summed E-state index contributed by atoms with van der Waals surface area (Å²) in [4.78, 5) is 33.0. The number of guanidine groups is 1. The molecule has 1 fully saturated rings. The highest BCUT2D eigenvalue weighted by atomic mass is 127. The molecular formula is C21H35IN6O4. The Kier molecular flexibility index (Phi) is 13.6. The van der Waals surface area contributed by atoms with E-state index in [0.29, 0.717) is 38.3 Å². The molecule has 1 aliphatic heterocycles. The fraction of sp³-hybridized carbons (Fsp3) is 0.571. The molecule has 0 aliphatic carbocycles. The zero-order valence-electron chi connectivity index (χ0n) is 18.8. The Morgan fingerprint density at radius 1 is 1.06 bits per heavy atom. The van der Waals surface area contributed by atoms with Crippen LogP contribution >= 0.6 is 24.0 Å². The van der Waals surface area contributed by atoms with Crippen molar-refractivity contribution in [2.75, 3.05) is 72.6 Å². The van der Waals surface area contributed by atoms with Gasteiger partial charge in [-0.25, -0.2) is 0 Å². The molecule has 10 nitrogen and oxygen atoms in total. The van der Waals surface area contributed by atoms with Gasteiger partial charge in [0.15, 0.2) is 5.96 Å². The zero-order valence-corrected chi connectivity index (χ0v) is 21.1. The first-order chi connectivity index (χ1) is 15.0. The Hall–Kier alpha value is -2.12. The van der Waals surface area contributed by atoms with Crippen LogP contribution < -0.4 is 16.0 Å². The van der Waals surface area contributed by atoms with E-state index in [0.717, 1.165) is 38.7 Å². The van der Waals surface area contributed by atoms with Gasteiger partial charge >= 0.3 is 0 Å². The lowest BCUT2D eigenvalue weighted by atomic mass is 10.2. The van der Waals surface area contributed by atoms with Gasteiger partial charge in [0, 0.05) is 58.5 Å². The van der Waals surface area contributed by atoms with Crippen molar-refractivity contribution in [2.45, 2.75) is 6.92 Å². The van der Waals surface area contributed by atoms with Crippen LogP contribution in [0.5, 0.6) is 5.75 Å². The van der Waals surface area contributed by atoms with Crippen molar-refractivity contribution in [3.05, 3.63) is 29.8 Å². The van der Waals surface area contributed by atoms with E-state index >= 15 is 0 Å². The maximum absolute atomic E-state index is 12.1. The summed E-state index contributed by atoms with van der Waals surface area (Å²) in [7, 11) is 1.61. The van der Waals surface area contributed by atoms with Crippen LogP contribution in [0.1, 0.15) is 17.3 Å². The van der Waals surface area contributed by atoms with Crippen molar-refractivity contribution in [3.8, 4) is 5.75 Å². The fourth-order valence-electron chi connectivity index (χ4n) is 3.14. The van der Waals surface area contributed by atoms with Crippen molar-refractivity contribution in [1.82, 2.24) is 25.8 Å². The number of piperazine rings is 1. The molecule has 4 N–H and O–H groups in total. The fourth-order valence-corrected chi connectivity index (χ4v) is 3.14.